The van der Waals surface area contributed by atoms with E-state index >= 15 is 0 Å². The van der Waals surface area contributed by atoms with Crippen molar-refractivity contribution in [2.75, 3.05) is 18.1 Å². The summed E-state index contributed by atoms with van der Waals surface area (Å²) < 4.78 is 77.4. The Morgan fingerprint density at radius 2 is 2.00 bits per heavy atom. The molecule has 1 aromatic carbocycles. The summed E-state index contributed by atoms with van der Waals surface area (Å²) in [5, 5.41) is 4.07. The van der Waals surface area contributed by atoms with E-state index in [0.29, 0.717) is 4.90 Å². The van der Waals surface area contributed by atoms with E-state index < -0.39 is 36.2 Å². The zero-order valence-electron chi connectivity index (χ0n) is 15.5. The maximum Gasteiger partial charge on any atom is 0.358 e. The second-order valence-corrected chi connectivity index (χ2v) is 6.74. The van der Waals surface area contributed by atoms with Crippen LogP contribution in [0.25, 0.3) is 5.65 Å². The normalized spacial score (nSPS) is 19.9. The molecule has 1 atom stereocenters. The summed E-state index contributed by atoms with van der Waals surface area (Å²) in [6.07, 6.45) is 1.18. The molecule has 0 saturated carbocycles. The third kappa shape index (κ3) is 3.04. The van der Waals surface area contributed by atoms with Gasteiger partial charge in [-0.3, -0.25) is 0 Å². The molecule has 0 N–H and O–H groups in total. The molecule has 30 heavy (non-hydrogen) atoms. The summed E-state index contributed by atoms with van der Waals surface area (Å²) in [5.41, 5.74) is -0.217. The van der Waals surface area contributed by atoms with Crippen LogP contribution in [0.2, 0.25) is 0 Å². The zero-order valence-corrected chi connectivity index (χ0v) is 15.5. The molecule has 1 fully saturated rings. The van der Waals surface area contributed by atoms with Gasteiger partial charge in [0.1, 0.15) is 11.9 Å². The Morgan fingerprint density at radius 3 is 2.70 bits per heavy atom. The Morgan fingerprint density at radius 1 is 1.23 bits per heavy atom. The van der Waals surface area contributed by atoms with Gasteiger partial charge in [0.05, 0.1) is 19.3 Å². The third-order valence-corrected chi connectivity index (χ3v) is 4.80. The van der Waals surface area contributed by atoms with Crippen molar-refractivity contribution in [2.24, 2.45) is 0 Å². The Bertz CT molecular complexity index is 1120. The van der Waals surface area contributed by atoms with E-state index in [9.17, 15) is 26.7 Å². The number of carbonyl (C=O) groups is 1. The van der Waals surface area contributed by atoms with Gasteiger partial charge in [0.15, 0.2) is 17.2 Å². The lowest BCUT2D eigenvalue weighted by atomic mass is 9.99. The molecule has 1 aliphatic heterocycles. The SMILES string of the molecule is CCOC(=O)c1cnc2ccc(N3CC(F)(F)C(F)(F)C3c3cccc(F)c3)nn12. The summed E-state index contributed by atoms with van der Waals surface area (Å²) in [7, 11) is 0. The Labute approximate surface area is 166 Å². The van der Waals surface area contributed by atoms with E-state index in [1.807, 2.05) is 0 Å². The number of hydrogen-bond acceptors (Lipinski definition) is 5. The zero-order chi connectivity index (χ0) is 21.7. The average molecular weight is 426 g/mol. The minimum absolute atomic E-state index is 0.0813. The molecular weight excluding hydrogens is 411 g/mol. The molecule has 0 aliphatic carbocycles. The minimum Gasteiger partial charge on any atom is -0.461 e. The lowest BCUT2D eigenvalue weighted by Gasteiger charge is -2.28. The molecule has 158 valence electrons. The van der Waals surface area contributed by atoms with Crippen LogP contribution in [0.4, 0.5) is 27.8 Å². The molecule has 0 bridgehead atoms. The number of ether oxygens (including phenoxy) is 1. The molecule has 1 aliphatic rings. The Balaban J connectivity index is 1.84. The highest BCUT2D eigenvalue weighted by Crippen LogP contribution is 2.53. The number of halogens is 5. The molecule has 11 heteroatoms. The smallest absolute Gasteiger partial charge is 0.358 e. The highest BCUT2D eigenvalue weighted by Gasteiger charge is 2.69. The summed E-state index contributed by atoms with van der Waals surface area (Å²) in [6.45, 7) is 0.332. The van der Waals surface area contributed by atoms with Gasteiger partial charge in [-0.1, -0.05) is 12.1 Å². The van der Waals surface area contributed by atoms with Crippen LogP contribution in [0, 0.1) is 5.82 Å². The maximum atomic E-state index is 14.7. The predicted molar refractivity (Wildman–Crippen MR) is 95.3 cm³/mol. The van der Waals surface area contributed by atoms with Crippen LogP contribution < -0.4 is 4.90 Å². The Kier molecular flexibility index (Phi) is 4.63. The van der Waals surface area contributed by atoms with Gasteiger partial charge in [-0.25, -0.2) is 18.7 Å². The average Bonchev–Trinajstić information content (AvgIpc) is 3.18. The van der Waals surface area contributed by atoms with Crippen LogP contribution in [-0.2, 0) is 4.74 Å². The van der Waals surface area contributed by atoms with Gasteiger partial charge in [-0.05, 0) is 36.8 Å². The number of hydrogen-bond donors (Lipinski definition) is 0. The number of nitrogens with zero attached hydrogens (tertiary/aromatic N) is 4. The van der Waals surface area contributed by atoms with Crippen molar-refractivity contribution >= 4 is 17.4 Å². The number of imidazole rings is 1. The van der Waals surface area contributed by atoms with Gasteiger partial charge in [-0.2, -0.15) is 17.6 Å². The number of esters is 1. The van der Waals surface area contributed by atoms with E-state index in [-0.39, 0.29) is 29.3 Å². The molecule has 0 amide bonds. The summed E-state index contributed by atoms with van der Waals surface area (Å²) in [4.78, 5) is 16.7. The first-order valence-corrected chi connectivity index (χ1v) is 8.95. The second kappa shape index (κ2) is 6.92. The molecular formula is C19H15F5N4O2. The van der Waals surface area contributed by atoms with Crippen LogP contribution in [0.3, 0.4) is 0 Å². The van der Waals surface area contributed by atoms with E-state index in [2.05, 4.69) is 10.1 Å². The van der Waals surface area contributed by atoms with Gasteiger partial charge < -0.3 is 9.64 Å². The van der Waals surface area contributed by atoms with Crippen LogP contribution in [-0.4, -0.2) is 45.6 Å². The molecule has 4 rings (SSSR count). The quantitative estimate of drug-likeness (QED) is 0.468. The third-order valence-electron chi connectivity index (χ3n) is 4.80. The fraction of sp³-hybridized carbons (Fsp3) is 0.316. The van der Waals surface area contributed by atoms with Gasteiger partial charge in [0.2, 0.25) is 0 Å². The first-order chi connectivity index (χ1) is 14.2. The summed E-state index contributed by atoms with van der Waals surface area (Å²) in [5.74, 6) is -10.7. The number of aromatic nitrogens is 3. The fourth-order valence-corrected chi connectivity index (χ4v) is 3.45. The van der Waals surface area contributed by atoms with Crippen molar-refractivity contribution in [3.63, 3.8) is 0 Å². The number of benzene rings is 1. The molecule has 0 spiro atoms. The lowest BCUT2D eigenvalue weighted by Crippen LogP contribution is -2.40. The van der Waals surface area contributed by atoms with E-state index in [1.165, 1.54) is 24.4 Å². The van der Waals surface area contributed by atoms with E-state index in [1.54, 1.807) is 6.92 Å². The van der Waals surface area contributed by atoms with Gasteiger partial charge in [0.25, 0.3) is 0 Å². The highest BCUT2D eigenvalue weighted by atomic mass is 19.3. The maximum absolute atomic E-state index is 14.7. The van der Waals surface area contributed by atoms with Crippen LogP contribution >= 0.6 is 0 Å². The molecule has 3 heterocycles. The number of rotatable bonds is 4. The molecule has 3 aromatic rings. The second-order valence-electron chi connectivity index (χ2n) is 6.74. The van der Waals surface area contributed by atoms with E-state index in [4.69, 9.17) is 4.74 Å². The molecule has 2 aromatic heterocycles. The lowest BCUT2D eigenvalue weighted by molar-refractivity contribution is -0.187. The van der Waals surface area contributed by atoms with Crippen LogP contribution in [0.5, 0.6) is 0 Å². The van der Waals surface area contributed by atoms with Crippen molar-refractivity contribution in [3.8, 4) is 0 Å². The first kappa shape index (κ1) is 20.0. The van der Waals surface area contributed by atoms with Gasteiger partial charge in [0, 0.05) is 0 Å². The number of carbonyl (C=O) groups excluding carboxylic acids is 1. The molecule has 1 saturated heterocycles. The Hall–Kier alpha value is -3.24. The summed E-state index contributed by atoms with van der Waals surface area (Å²) in [6, 6.07) is 4.55. The molecule has 0 radical (unpaired) electrons. The van der Waals surface area contributed by atoms with Crippen molar-refractivity contribution in [3.05, 3.63) is 59.7 Å². The van der Waals surface area contributed by atoms with Crippen LogP contribution in [0.1, 0.15) is 29.0 Å². The van der Waals surface area contributed by atoms with Crippen LogP contribution in [0.15, 0.2) is 42.6 Å². The van der Waals surface area contributed by atoms with Crippen molar-refractivity contribution in [1.29, 1.82) is 0 Å². The standard InChI is InChI=1S/C19H15F5N4O2/c1-2-30-17(29)13-9-25-14-6-7-15(26-28(13)14)27-10-18(21,22)19(23,24)16(27)11-4-3-5-12(20)8-11/h3-9,16H,2,10H2,1H3. The molecule has 1 unspecified atom stereocenters. The van der Waals surface area contributed by atoms with E-state index in [0.717, 1.165) is 22.7 Å². The minimum atomic E-state index is -4.49. The summed E-state index contributed by atoms with van der Waals surface area (Å²) >= 11 is 0. The number of alkyl halides is 4. The van der Waals surface area contributed by atoms with Crippen molar-refractivity contribution < 1.29 is 31.5 Å². The topological polar surface area (TPSA) is 59.7 Å². The molecule has 6 nitrogen and oxygen atoms in total. The van der Waals surface area contributed by atoms with Gasteiger partial charge in [-0.15, -0.1) is 5.10 Å². The fourth-order valence-electron chi connectivity index (χ4n) is 3.45. The predicted octanol–water partition coefficient (Wildman–Crippen LogP) is 3.88. The highest BCUT2D eigenvalue weighted by molar-refractivity contribution is 5.88. The van der Waals surface area contributed by atoms with Crippen molar-refractivity contribution in [2.45, 2.75) is 24.8 Å². The van der Waals surface area contributed by atoms with Crippen molar-refractivity contribution in [1.82, 2.24) is 14.6 Å². The largest absolute Gasteiger partial charge is 0.461 e. The number of fused-ring (bicyclic) bond motifs is 1. The first-order valence-electron chi connectivity index (χ1n) is 8.95. The number of anilines is 1. The monoisotopic (exact) mass is 426 g/mol. The van der Waals surface area contributed by atoms with Gasteiger partial charge >= 0.3 is 17.8 Å².